The van der Waals surface area contributed by atoms with E-state index in [-0.39, 0.29) is 30.0 Å². The molecule has 1 atom stereocenters. The van der Waals surface area contributed by atoms with E-state index in [9.17, 15) is 18.8 Å². The molecule has 28 heavy (non-hydrogen) atoms. The average Bonchev–Trinajstić information content (AvgIpc) is 3.26. The number of fused-ring (bicyclic) bond motifs is 1. The van der Waals surface area contributed by atoms with Gasteiger partial charge in [0.2, 0.25) is 17.7 Å². The van der Waals surface area contributed by atoms with Crippen molar-refractivity contribution in [3.63, 3.8) is 0 Å². The molecule has 1 fully saturated rings. The molecule has 0 spiro atoms. The summed E-state index contributed by atoms with van der Waals surface area (Å²) in [5.74, 6) is -1.21. The van der Waals surface area contributed by atoms with E-state index in [2.05, 4.69) is 5.32 Å². The number of carbonyl (C=O) groups is 3. The fourth-order valence-corrected chi connectivity index (χ4v) is 3.79. The van der Waals surface area contributed by atoms with Gasteiger partial charge >= 0.3 is 0 Å². The number of amides is 3. The van der Waals surface area contributed by atoms with Crippen molar-refractivity contribution in [2.75, 3.05) is 28.2 Å². The van der Waals surface area contributed by atoms with Gasteiger partial charge in [-0.2, -0.15) is 0 Å². The Labute approximate surface area is 161 Å². The van der Waals surface area contributed by atoms with Gasteiger partial charge in [0.05, 0.1) is 5.92 Å². The topological polar surface area (TPSA) is 69.7 Å². The molecule has 0 aliphatic carbocycles. The lowest BCUT2D eigenvalue weighted by molar-refractivity contribution is -0.122. The summed E-state index contributed by atoms with van der Waals surface area (Å²) >= 11 is 0. The number of nitrogens with zero attached hydrogens (tertiary/aromatic N) is 2. The van der Waals surface area contributed by atoms with Crippen molar-refractivity contribution < 1.29 is 18.8 Å². The molecule has 2 aromatic rings. The van der Waals surface area contributed by atoms with Gasteiger partial charge in [-0.25, -0.2) is 4.39 Å². The van der Waals surface area contributed by atoms with Crippen LogP contribution in [0.5, 0.6) is 0 Å². The molecule has 0 bridgehead atoms. The van der Waals surface area contributed by atoms with E-state index in [0.29, 0.717) is 18.8 Å². The molecule has 2 aromatic carbocycles. The van der Waals surface area contributed by atoms with Crippen LogP contribution in [0.4, 0.5) is 21.5 Å². The van der Waals surface area contributed by atoms with E-state index in [1.807, 2.05) is 18.2 Å². The van der Waals surface area contributed by atoms with E-state index in [0.717, 1.165) is 23.4 Å². The van der Waals surface area contributed by atoms with Gasteiger partial charge < -0.3 is 15.1 Å². The zero-order valence-electron chi connectivity index (χ0n) is 15.4. The first-order chi connectivity index (χ1) is 13.4. The number of nitrogens with one attached hydrogen (secondary N) is 1. The number of benzene rings is 2. The van der Waals surface area contributed by atoms with E-state index in [1.54, 1.807) is 9.80 Å². The first-order valence-electron chi connectivity index (χ1n) is 9.20. The van der Waals surface area contributed by atoms with Gasteiger partial charge in [-0.3, -0.25) is 14.4 Å². The predicted molar refractivity (Wildman–Crippen MR) is 104 cm³/mol. The smallest absolute Gasteiger partial charge is 0.229 e. The number of carbonyl (C=O) groups excluding carboxylic acids is 3. The highest BCUT2D eigenvalue weighted by Crippen LogP contribution is 2.34. The van der Waals surface area contributed by atoms with Crippen molar-refractivity contribution >= 4 is 34.8 Å². The van der Waals surface area contributed by atoms with Crippen LogP contribution in [0, 0.1) is 11.7 Å². The van der Waals surface area contributed by atoms with E-state index >= 15 is 0 Å². The Morgan fingerprint density at radius 3 is 2.61 bits per heavy atom. The third kappa shape index (κ3) is 3.35. The lowest BCUT2D eigenvalue weighted by atomic mass is 10.1. The number of rotatable bonds is 3. The second-order valence-electron chi connectivity index (χ2n) is 7.14. The molecule has 2 aliphatic heterocycles. The van der Waals surface area contributed by atoms with Crippen molar-refractivity contribution in [2.45, 2.75) is 19.8 Å². The summed E-state index contributed by atoms with van der Waals surface area (Å²) < 4.78 is 13.0. The third-order valence-electron chi connectivity index (χ3n) is 5.26. The van der Waals surface area contributed by atoms with Crippen LogP contribution in [0.3, 0.4) is 0 Å². The minimum absolute atomic E-state index is 0.00118. The average molecular weight is 381 g/mol. The van der Waals surface area contributed by atoms with Gasteiger partial charge in [0.15, 0.2) is 0 Å². The summed E-state index contributed by atoms with van der Waals surface area (Å²) in [5, 5.41) is 2.73. The molecule has 2 heterocycles. The van der Waals surface area contributed by atoms with Crippen LogP contribution in [-0.4, -0.2) is 30.8 Å². The van der Waals surface area contributed by atoms with Crippen LogP contribution in [0.2, 0.25) is 0 Å². The van der Waals surface area contributed by atoms with Crippen LogP contribution in [0.1, 0.15) is 18.9 Å². The Morgan fingerprint density at radius 1 is 1.14 bits per heavy atom. The first kappa shape index (κ1) is 18.2. The highest BCUT2D eigenvalue weighted by atomic mass is 19.1. The van der Waals surface area contributed by atoms with Crippen molar-refractivity contribution in [2.24, 2.45) is 5.92 Å². The van der Waals surface area contributed by atoms with Crippen LogP contribution < -0.4 is 15.1 Å². The normalized spacial score (nSPS) is 18.4. The lowest BCUT2D eigenvalue weighted by Gasteiger charge is -2.19. The van der Waals surface area contributed by atoms with Crippen LogP contribution in [0.15, 0.2) is 42.5 Å². The van der Waals surface area contributed by atoms with Crippen molar-refractivity contribution in [3.8, 4) is 0 Å². The zero-order chi connectivity index (χ0) is 19.8. The van der Waals surface area contributed by atoms with E-state index in [4.69, 9.17) is 0 Å². The Balaban J connectivity index is 1.47. The molecule has 1 saturated heterocycles. The Morgan fingerprint density at radius 2 is 1.89 bits per heavy atom. The second-order valence-corrected chi connectivity index (χ2v) is 7.14. The van der Waals surface area contributed by atoms with Gasteiger partial charge in [0.1, 0.15) is 5.82 Å². The maximum Gasteiger partial charge on any atom is 0.229 e. The monoisotopic (exact) mass is 381 g/mol. The Kier molecular flexibility index (Phi) is 4.58. The molecule has 1 N–H and O–H groups in total. The molecule has 6 nitrogen and oxygen atoms in total. The fourth-order valence-electron chi connectivity index (χ4n) is 3.79. The highest BCUT2D eigenvalue weighted by Gasteiger charge is 2.36. The Bertz CT molecular complexity index is 958. The Hall–Kier alpha value is -3.22. The predicted octanol–water partition coefficient (Wildman–Crippen LogP) is 2.73. The number of halogens is 1. The molecule has 3 amide bonds. The van der Waals surface area contributed by atoms with E-state index < -0.39 is 5.92 Å². The molecule has 2 aliphatic rings. The molecule has 0 radical (unpaired) electrons. The maximum atomic E-state index is 13.0. The van der Waals surface area contributed by atoms with Crippen molar-refractivity contribution in [1.29, 1.82) is 0 Å². The summed E-state index contributed by atoms with van der Waals surface area (Å²) in [4.78, 5) is 40.0. The molecular weight excluding hydrogens is 361 g/mol. The quantitative estimate of drug-likeness (QED) is 0.889. The molecule has 144 valence electrons. The van der Waals surface area contributed by atoms with Gasteiger partial charge in [-0.1, -0.05) is 0 Å². The minimum Gasteiger partial charge on any atom is -0.326 e. The van der Waals surface area contributed by atoms with Gasteiger partial charge in [0, 0.05) is 43.5 Å². The molecule has 4 rings (SSSR count). The summed E-state index contributed by atoms with van der Waals surface area (Å²) in [7, 11) is 0. The standard InChI is InChI=1S/C21H20FN3O3/c1-13(26)24-9-8-14-10-18(6-7-19(14)24)25-12-15(11-20(25)27)21(28)23-17-4-2-16(22)3-5-17/h2-7,10,15H,8-9,11-12H2,1H3,(H,23,28)/t15-/m1/s1. The van der Waals surface area contributed by atoms with Crippen LogP contribution in [-0.2, 0) is 20.8 Å². The molecular formula is C21H20FN3O3. The van der Waals surface area contributed by atoms with Gasteiger partial charge in [-0.05, 0) is 54.4 Å². The molecule has 0 aromatic heterocycles. The summed E-state index contributed by atoms with van der Waals surface area (Å²) in [6.45, 7) is 2.48. The van der Waals surface area contributed by atoms with Crippen molar-refractivity contribution in [3.05, 3.63) is 53.8 Å². The highest BCUT2D eigenvalue weighted by molar-refractivity contribution is 6.04. The van der Waals surface area contributed by atoms with Gasteiger partial charge in [-0.15, -0.1) is 0 Å². The zero-order valence-corrected chi connectivity index (χ0v) is 15.4. The van der Waals surface area contributed by atoms with Crippen LogP contribution >= 0.6 is 0 Å². The minimum atomic E-state index is -0.473. The number of hydrogen-bond acceptors (Lipinski definition) is 3. The second kappa shape index (κ2) is 7.07. The largest absolute Gasteiger partial charge is 0.326 e. The summed E-state index contributed by atoms with van der Waals surface area (Å²) in [6, 6.07) is 11.1. The van der Waals surface area contributed by atoms with Gasteiger partial charge in [0.25, 0.3) is 0 Å². The fraction of sp³-hybridized carbons (Fsp3) is 0.286. The SMILES string of the molecule is CC(=O)N1CCc2cc(N3C[C@H](C(=O)Nc4ccc(F)cc4)CC3=O)ccc21. The lowest BCUT2D eigenvalue weighted by Crippen LogP contribution is -2.28. The molecule has 7 heteroatoms. The molecule has 0 unspecified atom stereocenters. The summed E-state index contributed by atoms with van der Waals surface area (Å²) in [6.07, 6.45) is 0.878. The first-order valence-corrected chi connectivity index (χ1v) is 9.20. The van der Waals surface area contributed by atoms with Crippen molar-refractivity contribution in [1.82, 2.24) is 0 Å². The number of hydrogen-bond donors (Lipinski definition) is 1. The molecule has 0 saturated carbocycles. The summed E-state index contributed by atoms with van der Waals surface area (Å²) in [5.41, 5.74) is 3.15. The number of anilines is 3. The van der Waals surface area contributed by atoms with E-state index in [1.165, 1.54) is 31.2 Å². The maximum absolute atomic E-state index is 13.0. The van der Waals surface area contributed by atoms with Crippen LogP contribution in [0.25, 0.3) is 0 Å². The third-order valence-corrected chi connectivity index (χ3v) is 5.26.